The van der Waals surface area contributed by atoms with E-state index >= 15 is 0 Å². The van der Waals surface area contributed by atoms with Crippen molar-refractivity contribution < 1.29 is 5.11 Å². The van der Waals surface area contributed by atoms with Gasteiger partial charge in [0.2, 0.25) is 0 Å². The fraction of sp³-hybridized carbons (Fsp3) is 1.00. The molecular weight excluding hydrogens is 150 g/mol. The highest BCUT2D eigenvalue weighted by atomic mass is 16.3. The van der Waals surface area contributed by atoms with Crippen LogP contribution in [0.25, 0.3) is 0 Å². The van der Waals surface area contributed by atoms with Crippen LogP contribution in [0.1, 0.15) is 33.6 Å². The topological polar surface area (TPSA) is 32.3 Å². The summed E-state index contributed by atoms with van der Waals surface area (Å²) < 4.78 is 0. The van der Waals surface area contributed by atoms with Gasteiger partial charge in [0.1, 0.15) is 0 Å². The van der Waals surface area contributed by atoms with E-state index in [1.165, 1.54) is 12.8 Å². The maximum Gasteiger partial charge on any atom is 0.0692 e. The minimum Gasteiger partial charge on any atom is -0.392 e. The molecule has 72 valence electrons. The predicted octanol–water partition coefficient (Wildman–Crippen LogP) is 1.39. The molecule has 2 heteroatoms. The van der Waals surface area contributed by atoms with E-state index in [9.17, 15) is 5.11 Å². The average molecular weight is 171 g/mol. The Bertz CT molecular complexity index is 135. The van der Waals surface area contributed by atoms with Crippen molar-refractivity contribution in [1.29, 1.82) is 0 Å². The van der Waals surface area contributed by atoms with Crippen LogP contribution in [0.15, 0.2) is 0 Å². The lowest BCUT2D eigenvalue weighted by atomic mass is 9.97. The summed E-state index contributed by atoms with van der Waals surface area (Å²) in [7, 11) is 0. The maximum atomic E-state index is 9.52. The van der Waals surface area contributed by atoms with Crippen molar-refractivity contribution in [1.82, 2.24) is 5.32 Å². The van der Waals surface area contributed by atoms with E-state index in [0.717, 1.165) is 13.1 Å². The quantitative estimate of drug-likeness (QED) is 0.670. The van der Waals surface area contributed by atoms with Gasteiger partial charge in [-0.1, -0.05) is 20.8 Å². The molecule has 1 rings (SSSR count). The van der Waals surface area contributed by atoms with E-state index in [1.807, 2.05) is 0 Å². The molecule has 0 aromatic carbocycles. The lowest BCUT2D eigenvalue weighted by Crippen LogP contribution is -2.34. The Morgan fingerprint density at radius 3 is 2.42 bits per heavy atom. The summed E-state index contributed by atoms with van der Waals surface area (Å²) in [4.78, 5) is 0. The monoisotopic (exact) mass is 171 g/mol. The molecule has 1 aliphatic carbocycles. The molecular formula is C10H21NO. The Balaban J connectivity index is 2.01. The predicted molar refractivity (Wildman–Crippen MR) is 51.1 cm³/mol. The summed E-state index contributed by atoms with van der Waals surface area (Å²) in [5.41, 5.74) is 0.323. The van der Waals surface area contributed by atoms with E-state index < -0.39 is 0 Å². The molecule has 0 amide bonds. The second-order valence-electron chi connectivity index (χ2n) is 5.10. The van der Waals surface area contributed by atoms with Crippen LogP contribution >= 0.6 is 0 Å². The molecule has 0 radical (unpaired) electrons. The second kappa shape index (κ2) is 3.75. The highest BCUT2D eigenvalue weighted by molar-refractivity contribution is 4.82. The standard InChI is InChI=1S/C10H21NO/c1-10(2,3)7-11-6-9(12)8-4-5-8/h8-9,11-12H,4-7H2,1-3H3. The van der Waals surface area contributed by atoms with Gasteiger partial charge in [0, 0.05) is 13.1 Å². The molecule has 0 aromatic rings. The number of hydrogen-bond acceptors (Lipinski definition) is 2. The third kappa shape index (κ3) is 4.07. The van der Waals surface area contributed by atoms with Crippen LogP contribution in [0.4, 0.5) is 0 Å². The first-order valence-electron chi connectivity index (χ1n) is 4.88. The van der Waals surface area contributed by atoms with Crippen molar-refractivity contribution in [3.63, 3.8) is 0 Å². The molecule has 0 saturated heterocycles. The van der Waals surface area contributed by atoms with Crippen molar-refractivity contribution in [3.8, 4) is 0 Å². The van der Waals surface area contributed by atoms with Gasteiger partial charge in [-0.05, 0) is 24.2 Å². The third-order valence-corrected chi connectivity index (χ3v) is 2.17. The van der Waals surface area contributed by atoms with Gasteiger partial charge in [-0.15, -0.1) is 0 Å². The Hall–Kier alpha value is -0.0800. The lowest BCUT2D eigenvalue weighted by Gasteiger charge is -2.20. The number of nitrogens with one attached hydrogen (secondary N) is 1. The minimum absolute atomic E-state index is 0.104. The van der Waals surface area contributed by atoms with Gasteiger partial charge in [0.25, 0.3) is 0 Å². The highest BCUT2D eigenvalue weighted by Gasteiger charge is 2.29. The Labute approximate surface area is 75.4 Å². The van der Waals surface area contributed by atoms with Gasteiger partial charge in [0.05, 0.1) is 6.10 Å². The van der Waals surface area contributed by atoms with Gasteiger partial charge >= 0.3 is 0 Å². The number of aliphatic hydroxyl groups is 1. The normalized spacial score (nSPS) is 21.0. The minimum atomic E-state index is -0.104. The molecule has 0 aromatic heterocycles. The Morgan fingerprint density at radius 1 is 1.42 bits per heavy atom. The zero-order valence-electron chi connectivity index (χ0n) is 8.43. The second-order valence-corrected chi connectivity index (χ2v) is 5.10. The fourth-order valence-corrected chi connectivity index (χ4v) is 1.24. The molecule has 1 unspecified atom stereocenters. The molecule has 1 atom stereocenters. The molecule has 0 bridgehead atoms. The first kappa shape index (κ1) is 10.0. The van der Waals surface area contributed by atoms with Gasteiger partial charge in [-0.3, -0.25) is 0 Å². The molecule has 1 fully saturated rings. The van der Waals surface area contributed by atoms with E-state index in [1.54, 1.807) is 0 Å². The Morgan fingerprint density at radius 2 is 2.00 bits per heavy atom. The summed E-state index contributed by atoms with van der Waals surface area (Å²) >= 11 is 0. The van der Waals surface area contributed by atoms with Gasteiger partial charge in [-0.2, -0.15) is 0 Å². The van der Waals surface area contributed by atoms with E-state index in [2.05, 4.69) is 26.1 Å². The molecule has 1 saturated carbocycles. The van der Waals surface area contributed by atoms with Crippen LogP contribution in [-0.4, -0.2) is 24.3 Å². The zero-order valence-corrected chi connectivity index (χ0v) is 8.43. The first-order valence-corrected chi connectivity index (χ1v) is 4.88. The van der Waals surface area contributed by atoms with Gasteiger partial charge in [0.15, 0.2) is 0 Å². The van der Waals surface area contributed by atoms with Gasteiger partial charge < -0.3 is 10.4 Å². The van der Waals surface area contributed by atoms with E-state index in [4.69, 9.17) is 0 Å². The van der Waals surface area contributed by atoms with Crippen LogP contribution < -0.4 is 5.32 Å². The number of hydrogen-bond donors (Lipinski definition) is 2. The van der Waals surface area contributed by atoms with Crippen LogP contribution in [-0.2, 0) is 0 Å². The zero-order chi connectivity index (χ0) is 9.19. The number of rotatable bonds is 4. The lowest BCUT2D eigenvalue weighted by molar-refractivity contribution is 0.145. The fourth-order valence-electron chi connectivity index (χ4n) is 1.24. The van der Waals surface area contributed by atoms with Crippen molar-refractivity contribution in [2.75, 3.05) is 13.1 Å². The molecule has 2 nitrogen and oxygen atoms in total. The molecule has 0 spiro atoms. The summed E-state index contributed by atoms with van der Waals surface area (Å²) in [6.45, 7) is 8.34. The van der Waals surface area contributed by atoms with E-state index in [0.29, 0.717) is 11.3 Å². The first-order chi connectivity index (χ1) is 5.49. The molecule has 12 heavy (non-hydrogen) atoms. The van der Waals surface area contributed by atoms with Crippen LogP contribution in [0, 0.1) is 11.3 Å². The van der Waals surface area contributed by atoms with Crippen LogP contribution in [0.2, 0.25) is 0 Å². The van der Waals surface area contributed by atoms with Crippen molar-refractivity contribution in [3.05, 3.63) is 0 Å². The van der Waals surface area contributed by atoms with Crippen molar-refractivity contribution in [2.45, 2.75) is 39.7 Å². The number of aliphatic hydroxyl groups excluding tert-OH is 1. The smallest absolute Gasteiger partial charge is 0.0692 e. The van der Waals surface area contributed by atoms with Crippen LogP contribution in [0.3, 0.4) is 0 Å². The van der Waals surface area contributed by atoms with Gasteiger partial charge in [-0.25, -0.2) is 0 Å². The maximum absolute atomic E-state index is 9.52. The van der Waals surface area contributed by atoms with Crippen molar-refractivity contribution in [2.24, 2.45) is 11.3 Å². The highest BCUT2D eigenvalue weighted by Crippen LogP contribution is 2.32. The third-order valence-electron chi connectivity index (χ3n) is 2.17. The summed E-state index contributed by atoms with van der Waals surface area (Å²) in [6, 6.07) is 0. The summed E-state index contributed by atoms with van der Waals surface area (Å²) in [6.07, 6.45) is 2.34. The molecule has 1 aliphatic rings. The summed E-state index contributed by atoms with van der Waals surface area (Å²) in [5.74, 6) is 0.595. The molecule has 0 heterocycles. The largest absolute Gasteiger partial charge is 0.392 e. The molecule has 2 N–H and O–H groups in total. The molecule has 0 aliphatic heterocycles. The summed E-state index contributed by atoms with van der Waals surface area (Å²) in [5, 5.41) is 12.8. The van der Waals surface area contributed by atoms with E-state index in [-0.39, 0.29) is 6.10 Å². The Kier molecular flexibility index (Phi) is 3.13. The average Bonchev–Trinajstić information content (AvgIpc) is 2.64. The SMILES string of the molecule is CC(C)(C)CNCC(O)C1CC1. The van der Waals surface area contributed by atoms with Crippen LogP contribution in [0.5, 0.6) is 0 Å². The van der Waals surface area contributed by atoms with Crippen molar-refractivity contribution >= 4 is 0 Å².